The van der Waals surface area contributed by atoms with E-state index in [0.29, 0.717) is 5.56 Å². The van der Waals surface area contributed by atoms with Crippen molar-refractivity contribution >= 4 is 27.5 Å². The van der Waals surface area contributed by atoms with Crippen LogP contribution < -0.4 is 10.1 Å². The van der Waals surface area contributed by atoms with Gasteiger partial charge in [0.2, 0.25) is 0 Å². The molecule has 0 aliphatic carbocycles. The summed E-state index contributed by atoms with van der Waals surface area (Å²) in [7, 11) is 0. The molecule has 0 heterocycles. The first kappa shape index (κ1) is 15.6. The minimum Gasteiger partial charge on any atom is -0.491 e. The summed E-state index contributed by atoms with van der Waals surface area (Å²) in [6, 6.07) is 13.1. The summed E-state index contributed by atoms with van der Waals surface area (Å²) >= 11 is 3.40. The topological polar surface area (TPSA) is 38.3 Å². The van der Waals surface area contributed by atoms with Crippen LogP contribution in [0.3, 0.4) is 0 Å². The van der Waals surface area contributed by atoms with E-state index in [1.165, 1.54) is 0 Å². The third-order valence-electron chi connectivity index (χ3n) is 2.85. The van der Waals surface area contributed by atoms with E-state index < -0.39 is 0 Å². The number of carbonyl (C=O) groups is 1. The van der Waals surface area contributed by atoms with Crippen LogP contribution >= 0.6 is 15.9 Å². The van der Waals surface area contributed by atoms with Gasteiger partial charge in [-0.15, -0.1) is 0 Å². The first-order chi connectivity index (χ1) is 9.95. The van der Waals surface area contributed by atoms with Gasteiger partial charge in [-0.3, -0.25) is 4.79 Å². The molecular formula is C17H18BrNO2. The summed E-state index contributed by atoms with van der Waals surface area (Å²) in [5.74, 6) is 0.655. The van der Waals surface area contributed by atoms with Gasteiger partial charge in [0.1, 0.15) is 5.75 Å². The normalized spacial score (nSPS) is 10.5. The van der Waals surface area contributed by atoms with Gasteiger partial charge in [-0.25, -0.2) is 0 Å². The number of halogens is 1. The van der Waals surface area contributed by atoms with Gasteiger partial charge in [0, 0.05) is 10.2 Å². The number of benzene rings is 2. The van der Waals surface area contributed by atoms with Crippen molar-refractivity contribution in [2.24, 2.45) is 0 Å². The van der Waals surface area contributed by atoms with Gasteiger partial charge in [0.15, 0.2) is 0 Å². The molecule has 1 N–H and O–H groups in total. The number of hydrogen-bond acceptors (Lipinski definition) is 2. The number of carbonyl (C=O) groups excluding carboxylic acids is 1. The molecule has 110 valence electrons. The molecule has 2 aromatic rings. The summed E-state index contributed by atoms with van der Waals surface area (Å²) < 4.78 is 6.36. The first-order valence-corrected chi connectivity index (χ1v) is 7.59. The summed E-state index contributed by atoms with van der Waals surface area (Å²) in [5.41, 5.74) is 2.41. The van der Waals surface area contributed by atoms with Crippen LogP contribution in [0, 0.1) is 6.92 Å². The second kappa shape index (κ2) is 6.76. The Balaban J connectivity index is 2.10. The van der Waals surface area contributed by atoms with Crippen molar-refractivity contribution < 1.29 is 9.53 Å². The zero-order chi connectivity index (χ0) is 15.4. The maximum atomic E-state index is 12.3. The lowest BCUT2D eigenvalue weighted by molar-refractivity contribution is 0.102. The number of nitrogens with one attached hydrogen (secondary N) is 1. The van der Waals surface area contributed by atoms with E-state index in [2.05, 4.69) is 21.2 Å². The van der Waals surface area contributed by atoms with Crippen LogP contribution in [0.1, 0.15) is 29.8 Å². The Morgan fingerprint density at radius 2 is 1.81 bits per heavy atom. The Bertz CT molecular complexity index is 636. The van der Waals surface area contributed by atoms with Gasteiger partial charge < -0.3 is 10.1 Å². The van der Waals surface area contributed by atoms with Gasteiger partial charge >= 0.3 is 0 Å². The van der Waals surface area contributed by atoms with Crippen LogP contribution in [0.4, 0.5) is 5.69 Å². The SMILES string of the molecule is Cc1ccc(Br)c(C(=O)Nc2ccc(OC(C)C)cc2)c1. The van der Waals surface area contributed by atoms with Gasteiger partial charge in [-0.1, -0.05) is 11.6 Å². The monoisotopic (exact) mass is 347 g/mol. The van der Waals surface area contributed by atoms with E-state index in [1.807, 2.05) is 63.2 Å². The molecule has 4 heteroatoms. The third kappa shape index (κ3) is 4.33. The summed E-state index contributed by atoms with van der Waals surface area (Å²) in [4.78, 5) is 12.3. The highest BCUT2D eigenvalue weighted by molar-refractivity contribution is 9.10. The van der Waals surface area contributed by atoms with E-state index in [4.69, 9.17) is 4.74 Å². The summed E-state index contributed by atoms with van der Waals surface area (Å²) in [6.07, 6.45) is 0.133. The predicted molar refractivity (Wildman–Crippen MR) is 89.0 cm³/mol. The standard InChI is InChI=1S/C17H18BrNO2/c1-11(2)21-14-7-5-13(6-8-14)19-17(20)15-10-12(3)4-9-16(15)18/h4-11H,1-3H3,(H,19,20). The Hall–Kier alpha value is -1.81. The average Bonchev–Trinajstić information content (AvgIpc) is 2.43. The Morgan fingerprint density at radius 1 is 1.14 bits per heavy atom. The molecule has 2 aromatic carbocycles. The van der Waals surface area contributed by atoms with Crippen LogP contribution in [-0.2, 0) is 0 Å². The molecule has 0 aromatic heterocycles. The van der Waals surface area contributed by atoms with Crippen LogP contribution in [0.15, 0.2) is 46.9 Å². The lowest BCUT2D eigenvalue weighted by Crippen LogP contribution is -2.13. The van der Waals surface area contributed by atoms with Crippen molar-refractivity contribution in [1.29, 1.82) is 0 Å². The quantitative estimate of drug-likeness (QED) is 0.862. The molecule has 0 saturated carbocycles. The van der Waals surface area contributed by atoms with Crippen LogP contribution in [-0.4, -0.2) is 12.0 Å². The van der Waals surface area contributed by atoms with E-state index in [1.54, 1.807) is 0 Å². The van der Waals surface area contributed by atoms with Crippen LogP contribution in [0.25, 0.3) is 0 Å². The molecule has 21 heavy (non-hydrogen) atoms. The van der Waals surface area contributed by atoms with E-state index in [9.17, 15) is 4.79 Å². The van der Waals surface area contributed by atoms with Crippen molar-refractivity contribution in [3.8, 4) is 5.75 Å². The van der Waals surface area contributed by atoms with Crippen LogP contribution in [0.5, 0.6) is 5.75 Å². The molecule has 1 amide bonds. The van der Waals surface area contributed by atoms with E-state index >= 15 is 0 Å². The lowest BCUT2D eigenvalue weighted by atomic mass is 10.1. The number of anilines is 1. The van der Waals surface area contributed by atoms with Crippen LogP contribution in [0.2, 0.25) is 0 Å². The zero-order valence-electron chi connectivity index (χ0n) is 12.3. The predicted octanol–water partition coefficient (Wildman–Crippen LogP) is 4.80. The van der Waals surface area contributed by atoms with Crippen molar-refractivity contribution in [3.05, 3.63) is 58.1 Å². The minimum atomic E-state index is -0.136. The number of rotatable bonds is 4. The van der Waals surface area contributed by atoms with Crippen molar-refractivity contribution in [2.75, 3.05) is 5.32 Å². The fourth-order valence-electron chi connectivity index (χ4n) is 1.90. The molecule has 0 aliphatic rings. The molecule has 0 saturated heterocycles. The summed E-state index contributed by atoms with van der Waals surface area (Å²) in [5, 5.41) is 2.88. The number of aryl methyl sites for hydroxylation is 1. The Morgan fingerprint density at radius 3 is 2.43 bits per heavy atom. The number of ether oxygens (including phenoxy) is 1. The molecule has 0 radical (unpaired) electrons. The van der Waals surface area contributed by atoms with Crippen molar-refractivity contribution in [3.63, 3.8) is 0 Å². The molecule has 2 rings (SSSR count). The Labute approximate surface area is 133 Å². The average molecular weight is 348 g/mol. The third-order valence-corrected chi connectivity index (χ3v) is 3.54. The summed E-state index contributed by atoms with van der Waals surface area (Å²) in [6.45, 7) is 5.91. The van der Waals surface area contributed by atoms with E-state index in [0.717, 1.165) is 21.5 Å². The molecule has 0 aliphatic heterocycles. The van der Waals surface area contributed by atoms with Gasteiger partial charge in [0.25, 0.3) is 5.91 Å². The highest BCUT2D eigenvalue weighted by atomic mass is 79.9. The number of amides is 1. The highest BCUT2D eigenvalue weighted by Crippen LogP contribution is 2.21. The number of hydrogen-bond donors (Lipinski definition) is 1. The molecule has 0 bridgehead atoms. The second-order valence-electron chi connectivity index (χ2n) is 5.13. The van der Waals surface area contributed by atoms with Gasteiger partial charge in [-0.05, 0) is 73.1 Å². The first-order valence-electron chi connectivity index (χ1n) is 6.80. The molecule has 0 spiro atoms. The maximum Gasteiger partial charge on any atom is 0.256 e. The molecule has 3 nitrogen and oxygen atoms in total. The molecule has 0 fully saturated rings. The zero-order valence-corrected chi connectivity index (χ0v) is 13.9. The van der Waals surface area contributed by atoms with Gasteiger partial charge in [-0.2, -0.15) is 0 Å². The maximum absolute atomic E-state index is 12.3. The fourth-order valence-corrected chi connectivity index (χ4v) is 2.33. The highest BCUT2D eigenvalue weighted by Gasteiger charge is 2.10. The van der Waals surface area contributed by atoms with Crippen molar-refractivity contribution in [1.82, 2.24) is 0 Å². The Kier molecular flexibility index (Phi) is 5.02. The fraction of sp³-hybridized carbons (Fsp3) is 0.235. The molecule has 0 atom stereocenters. The minimum absolute atomic E-state index is 0.133. The largest absolute Gasteiger partial charge is 0.491 e. The van der Waals surface area contributed by atoms with Crippen molar-refractivity contribution in [2.45, 2.75) is 26.9 Å². The lowest BCUT2D eigenvalue weighted by Gasteiger charge is -2.11. The molecular weight excluding hydrogens is 330 g/mol. The molecule has 0 unspecified atom stereocenters. The second-order valence-corrected chi connectivity index (χ2v) is 5.98. The van der Waals surface area contributed by atoms with E-state index in [-0.39, 0.29) is 12.0 Å². The smallest absolute Gasteiger partial charge is 0.256 e. The van der Waals surface area contributed by atoms with Gasteiger partial charge in [0.05, 0.1) is 11.7 Å².